The zero-order valence-corrected chi connectivity index (χ0v) is 13.4. The highest BCUT2D eigenvalue weighted by Gasteiger charge is 2.45. The molecule has 0 aromatic heterocycles. The standard InChI is InChI=1S/C19H18N4O/c1-19-11-16(15-9-5-6-10-17(15)24-19)23(18(22-19)21-13-20)12-14-7-3-2-4-8-14/h2-10,16H,11-12H2,1H3,(H,21,22). The summed E-state index contributed by atoms with van der Waals surface area (Å²) in [4.78, 5) is 6.84. The van der Waals surface area contributed by atoms with Crippen LogP contribution in [0.1, 0.15) is 30.5 Å². The van der Waals surface area contributed by atoms with Crippen LogP contribution in [0.15, 0.2) is 59.6 Å². The van der Waals surface area contributed by atoms with Crippen molar-refractivity contribution in [3.05, 3.63) is 65.7 Å². The summed E-state index contributed by atoms with van der Waals surface area (Å²) in [7, 11) is 0. The molecule has 2 aliphatic rings. The topological polar surface area (TPSA) is 60.6 Å². The number of para-hydroxylation sites is 1. The van der Waals surface area contributed by atoms with Crippen LogP contribution < -0.4 is 10.1 Å². The molecular weight excluding hydrogens is 300 g/mol. The second-order valence-corrected chi connectivity index (χ2v) is 6.32. The largest absolute Gasteiger partial charge is 0.466 e. The second kappa shape index (κ2) is 5.57. The maximum atomic E-state index is 9.14. The van der Waals surface area contributed by atoms with Crippen LogP contribution in [0, 0.1) is 11.5 Å². The van der Waals surface area contributed by atoms with E-state index in [1.54, 1.807) is 0 Å². The third-order valence-electron chi connectivity index (χ3n) is 4.53. The van der Waals surface area contributed by atoms with Gasteiger partial charge in [0.15, 0.2) is 6.19 Å². The molecule has 120 valence electrons. The Morgan fingerprint density at radius 2 is 2.00 bits per heavy atom. The Bertz CT molecular complexity index is 827. The van der Waals surface area contributed by atoms with Gasteiger partial charge in [0.1, 0.15) is 5.75 Å². The van der Waals surface area contributed by atoms with Crippen molar-refractivity contribution < 1.29 is 4.74 Å². The van der Waals surface area contributed by atoms with E-state index in [9.17, 15) is 0 Å². The average molecular weight is 318 g/mol. The molecule has 5 nitrogen and oxygen atoms in total. The summed E-state index contributed by atoms with van der Waals surface area (Å²) in [6, 6.07) is 18.4. The first-order chi connectivity index (χ1) is 11.7. The highest BCUT2D eigenvalue weighted by molar-refractivity contribution is 5.83. The van der Waals surface area contributed by atoms with E-state index in [4.69, 9.17) is 10.00 Å². The minimum atomic E-state index is -0.647. The zero-order valence-electron chi connectivity index (χ0n) is 13.4. The highest BCUT2D eigenvalue weighted by Crippen LogP contribution is 2.46. The first-order valence-corrected chi connectivity index (χ1v) is 8.02. The summed E-state index contributed by atoms with van der Waals surface area (Å²) in [5.74, 6) is 1.43. The summed E-state index contributed by atoms with van der Waals surface area (Å²) in [6.07, 6.45) is 2.76. The fraction of sp³-hybridized carbons (Fsp3) is 0.263. The first-order valence-electron chi connectivity index (χ1n) is 8.02. The van der Waals surface area contributed by atoms with Gasteiger partial charge in [0, 0.05) is 18.5 Å². The van der Waals surface area contributed by atoms with E-state index in [1.165, 1.54) is 5.56 Å². The Morgan fingerprint density at radius 1 is 1.25 bits per heavy atom. The van der Waals surface area contributed by atoms with Crippen LogP contribution in [0.3, 0.4) is 0 Å². The number of nitrogens with zero attached hydrogens (tertiary/aromatic N) is 3. The third kappa shape index (κ3) is 2.46. The number of hydrogen-bond donors (Lipinski definition) is 1. The van der Waals surface area contributed by atoms with Gasteiger partial charge < -0.3 is 9.64 Å². The Hall–Kier alpha value is -3.00. The van der Waals surface area contributed by atoms with E-state index in [0.29, 0.717) is 12.5 Å². The second-order valence-electron chi connectivity index (χ2n) is 6.32. The molecule has 2 bridgehead atoms. The third-order valence-corrected chi connectivity index (χ3v) is 4.53. The summed E-state index contributed by atoms with van der Waals surface area (Å²) >= 11 is 0. The Morgan fingerprint density at radius 3 is 2.79 bits per heavy atom. The molecule has 4 rings (SSSR count). The van der Waals surface area contributed by atoms with Gasteiger partial charge in [-0.05, 0) is 18.6 Å². The van der Waals surface area contributed by atoms with Crippen molar-refractivity contribution in [3.63, 3.8) is 0 Å². The molecule has 2 aromatic carbocycles. The summed E-state index contributed by atoms with van der Waals surface area (Å²) in [6.45, 7) is 2.65. The molecule has 2 atom stereocenters. The van der Waals surface area contributed by atoms with Gasteiger partial charge >= 0.3 is 0 Å². The number of fused-ring (bicyclic) bond motifs is 4. The Balaban J connectivity index is 1.78. The van der Waals surface area contributed by atoms with Crippen LogP contribution in [0.25, 0.3) is 0 Å². The molecule has 24 heavy (non-hydrogen) atoms. The van der Waals surface area contributed by atoms with Crippen LogP contribution in [0.4, 0.5) is 0 Å². The Kier molecular flexibility index (Phi) is 3.39. The fourth-order valence-corrected chi connectivity index (χ4v) is 3.49. The van der Waals surface area contributed by atoms with Crippen molar-refractivity contribution >= 4 is 5.96 Å². The zero-order chi connectivity index (χ0) is 16.6. The maximum absolute atomic E-state index is 9.14. The van der Waals surface area contributed by atoms with Gasteiger partial charge in [-0.1, -0.05) is 48.5 Å². The molecule has 0 saturated carbocycles. The number of nitriles is 1. The molecule has 2 aromatic rings. The Labute approximate surface area is 141 Å². The van der Waals surface area contributed by atoms with Gasteiger partial charge in [0.2, 0.25) is 11.7 Å². The van der Waals surface area contributed by atoms with Crippen LogP contribution in [0.2, 0.25) is 0 Å². The molecule has 1 N–H and O–H groups in total. The number of rotatable bonds is 2. The average Bonchev–Trinajstić information content (AvgIpc) is 2.59. The van der Waals surface area contributed by atoms with Crippen LogP contribution in [-0.2, 0) is 6.54 Å². The number of benzene rings is 2. The first kappa shape index (κ1) is 14.6. The van der Waals surface area contributed by atoms with Crippen LogP contribution in [0.5, 0.6) is 5.75 Å². The van der Waals surface area contributed by atoms with Gasteiger partial charge in [0.25, 0.3) is 0 Å². The molecule has 2 aliphatic heterocycles. The highest BCUT2D eigenvalue weighted by atomic mass is 16.5. The van der Waals surface area contributed by atoms with Gasteiger partial charge in [-0.15, -0.1) is 0 Å². The lowest BCUT2D eigenvalue weighted by atomic mass is 9.90. The van der Waals surface area contributed by atoms with E-state index in [-0.39, 0.29) is 6.04 Å². The molecule has 2 heterocycles. The van der Waals surface area contributed by atoms with E-state index in [1.807, 2.05) is 49.5 Å². The van der Waals surface area contributed by atoms with Gasteiger partial charge in [-0.25, -0.2) is 4.99 Å². The van der Waals surface area contributed by atoms with Crippen molar-refractivity contribution in [1.29, 1.82) is 5.26 Å². The molecule has 2 unspecified atom stereocenters. The minimum Gasteiger partial charge on any atom is -0.466 e. The lowest BCUT2D eigenvalue weighted by molar-refractivity contribution is 0.0197. The van der Waals surface area contributed by atoms with Gasteiger partial charge in [0.05, 0.1) is 6.04 Å². The maximum Gasteiger partial charge on any atom is 0.211 e. The monoisotopic (exact) mass is 318 g/mol. The number of guanidine groups is 1. The smallest absolute Gasteiger partial charge is 0.211 e. The van der Waals surface area contributed by atoms with E-state index in [2.05, 4.69) is 33.4 Å². The van der Waals surface area contributed by atoms with Crippen molar-refractivity contribution in [3.8, 4) is 11.9 Å². The molecule has 5 heteroatoms. The molecule has 0 fully saturated rings. The van der Waals surface area contributed by atoms with E-state index < -0.39 is 5.72 Å². The number of hydrogen-bond acceptors (Lipinski definition) is 5. The molecular formula is C19H18N4O. The van der Waals surface area contributed by atoms with Crippen LogP contribution >= 0.6 is 0 Å². The van der Waals surface area contributed by atoms with Crippen LogP contribution in [-0.4, -0.2) is 16.6 Å². The molecule has 0 spiro atoms. The predicted octanol–water partition coefficient (Wildman–Crippen LogP) is 3.17. The molecule has 0 aliphatic carbocycles. The van der Waals surface area contributed by atoms with Crippen molar-refractivity contribution in [2.45, 2.75) is 31.7 Å². The van der Waals surface area contributed by atoms with Gasteiger partial charge in [-0.3, -0.25) is 5.32 Å². The normalized spacial score (nSPS) is 24.2. The summed E-state index contributed by atoms with van der Waals surface area (Å²) in [5, 5.41) is 11.9. The summed E-state index contributed by atoms with van der Waals surface area (Å²) < 4.78 is 6.10. The lowest BCUT2D eigenvalue weighted by Gasteiger charge is -2.47. The number of aliphatic imine (C=N–C) groups is 1. The van der Waals surface area contributed by atoms with Crippen molar-refractivity contribution in [2.75, 3.05) is 0 Å². The van der Waals surface area contributed by atoms with E-state index in [0.717, 1.165) is 17.7 Å². The molecule has 0 amide bonds. The van der Waals surface area contributed by atoms with Crippen molar-refractivity contribution in [1.82, 2.24) is 10.2 Å². The fourth-order valence-electron chi connectivity index (χ4n) is 3.49. The lowest BCUT2D eigenvalue weighted by Crippen LogP contribution is -2.53. The molecule has 0 saturated heterocycles. The minimum absolute atomic E-state index is 0.119. The van der Waals surface area contributed by atoms with Gasteiger partial charge in [-0.2, -0.15) is 5.26 Å². The molecule has 0 radical (unpaired) electrons. The summed E-state index contributed by atoms with van der Waals surface area (Å²) in [5.41, 5.74) is 1.67. The SMILES string of the molecule is CC12CC(c3ccccc3O1)N(Cc1ccccc1)C(NC#N)=N2. The van der Waals surface area contributed by atoms with E-state index >= 15 is 0 Å². The predicted molar refractivity (Wildman–Crippen MR) is 91.0 cm³/mol. The number of nitrogens with one attached hydrogen (secondary N) is 1. The van der Waals surface area contributed by atoms with Crippen molar-refractivity contribution in [2.24, 2.45) is 4.99 Å². The quantitative estimate of drug-likeness (QED) is 0.682. The number of ether oxygens (including phenoxy) is 1.